The number of carbonyl (C=O) groups is 1. The van der Waals surface area contributed by atoms with Crippen molar-refractivity contribution in [3.05, 3.63) is 42.0 Å². The monoisotopic (exact) mass is 256 g/mol. The summed E-state index contributed by atoms with van der Waals surface area (Å²) in [5, 5.41) is 3.15. The highest BCUT2D eigenvalue weighted by Crippen LogP contribution is 2.27. The molecule has 0 unspecified atom stereocenters. The maximum Gasteiger partial charge on any atom is 0.244 e. The molecule has 2 bridgehead atoms. The molecular formula is C16H20N2O. The van der Waals surface area contributed by atoms with Crippen LogP contribution in [-0.4, -0.2) is 36.5 Å². The fraction of sp³-hybridized carbons (Fsp3) is 0.438. The van der Waals surface area contributed by atoms with Gasteiger partial charge in [-0.2, -0.15) is 0 Å². The van der Waals surface area contributed by atoms with E-state index in [4.69, 9.17) is 0 Å². The fourth-order valence-electron chi connectivity index (χ4n) is 3.10. The molecule has 3 nitrogen and oxygen atoms in total. The van der Waals surface area contributed by atoms with E-state index in [1.807, 2.05) is 36.4 Å². The number of hydrogen-bond donors (Lipinski definition) is 1. The molecule has 1 amide bonds. The summed E-state index contributed by atoms with van der Waals surface area (Å²) in [7, 11) is 0. The molecule has 0 radical (unpaired) electrons. The highest BCUT2D eigenvalue weighted by Gasteiger charge is 2.34. The third kappa shape index (κ3) is 3.04. The molecule has 0 aliphatic carbocycles. The van der Waals surface area contributed by atoms with Crippen LogP contribution in [0.5, 0.6) is 0 Å². The average molecular weight is 256 g/mol. The van der Waals surface area contributed by atoms with Crippen molar-refractivity contribution >= 4 is 12.0 Å². The standard InChI is InChI=1S/C16H20N2O/c19-16(7-6-13-4-2-1-3-5-13)17-15-12-18-10-8-14(15)9-11-18/h1-7,14-15H,8-12H2,(H,17,19)/t15-/m0/s1. The maximum atomic E-state index is 11.9. The van der Waals surface area contributed by atoms with Gasteiger partial charge < -0.3 is 10.2 Å². The minimum absolute atomic E-state index is 0.0302. The number of rotatable bonds is 3. The lowest BCUT2D eigenvalue weighted by molar-refractivity contribution is -0.118. The van der Waals surface area contributed by atoms with Gasteiger partial charge in [0.25, 0.3) is 0 Å². The Morgan fingerprint density at radius 3 is 2.58 bits per heavy atom. The third-order valence-electron chi connectivity index (χ3n) is 4.21. The van der Waals surface area contributed by atoms with Crippen molar-refractivity contribution in [2.24, 2.45) is 5.92 Å². The molecule has 19 heavy (non-hydrogen) atoms. The summed E-state index contributed by atoms with van der Waals surface area (Å²) in [4.78, 5) is 14.4. The van der Waals surface area contributed by atoms with E-state index >= 15 is 0 Å². The van der Waals surface area contributed by atoms with Crippen LogP contribution in [0.25, 0.3) is 6.08 Å². The number of hydrogen-bond acceptors (Lipinski definition) is 2. The Morgan fingerprint density at radius 1 is 1.21 bits per heavy atom. The van der Waals surface area contributed by atoms with Crippen molar-refractivity contribution in [1.82, 2.24) is 10.2 Å². The Morgan fingerprint density at radius 2 is 1.95 bits per heavy atom. The molecule has 3 saturated heterocycles. The minimum Gasteiger partial charge on any atom is -0.348 e. The zero-order valence-electron chi connectivity index (χ0n) is 11.1. The molecule has 1 atom stereocenters. The summed E-state index contributed by atoms with van der Waals surface area (Å²) in [5.41, 5.74) is 1.06. The summed E-state index contributed by atoms with van der Waals surface area (Å²) >= 11 is 0. The fourth-order valence-corrected chi connectivity index (χ4v) is 3.10. The van der Waals surface area contributed by atoms with Gasteiger partial charge in [-0.1, -0.05) is 30.3 Å². The van der Waals surface area contributed by atoms with Crippen LogP contribution < -0.4 is 5.32 Å². The molecule has 3 aliphatic rings. The van der Waals surface area contributed by atoms with E-state index in [1.165, 1.54) is 25.9 Å². The molecule has 1 aromatic rings. The van der Waals surface area contributed by atoms with E-state index in [0.717, 1.165) is 12.1 Å². The first-order chi connectivity index (χ1) is 9.31. The molecule has 0 saturated carbocycles. The predicted molar refractivity (Wildman–Crippen MR) is 76.6 cm³/mol. The van der Waals surface area contributed by atoms with Gasteiger partial charge in [-0.05, 0) is 43.5 Å². The second-order valence-electron chi connectivity index (χ2n) is 5.50. The second-order valence-corrected chi connectivity index (χ2v) is 5.50. The summed E-state index contributed by atoms with van der Waals surface area (Å²) < 4.78 is 0. The zero-order chi connectivity index (χ0) is 13.1. The summed E-state index contributed by atoms with van der Waals surface area (Å²) in [5.74, 6) is 0.710. The van der Waals surface area contributed by atoms with E-state index in [1.54, 1.807) is 6.08 Å². The molecule has 3 aliphatic heterocycles. The molecule has 3 heterocycles. The normalized spacial score (nSPS) is 29.6. The van der Waals surface area contributed by atoms with Crippen LogP contribution in [0.2, 0.25) is 0 Å². The Bertz CT molecular complexity index is 461. The number of amides is 1. The van der Waals surface area contributed by atoms with E-state index in [-0.39, 0.29) is 5.91 Å². The molecule has 100 valence electrons. The van der Waals surface area contributed by atoms with E-state index < -0.39 is 0 Å². The van der Waals surface area contributed by atoms with Crippen LogP contribution in [-0.2, 0) is 4.79 Å². The Labute approximate surface area is 114 Å². The first-order valence-electron chi connectivity index (χ1n) is 7.07. The number of benzene rings is 1. The topological polar surface area (TPSA) is 32.3 Å². The lowest BCUT2D eigenvalue weighted by Gasteiger charge is -2.44. The molecule has 1 N–H and O–H groups in total. The van der Waals surface area contributed by atoms with Crippen molar-refractivity contribution in [2.75, 3.05) is 19.6 Å². The first-order valence-corrected chi connectivity index (χ1v) is 7.07. The van der Waals surface area contributed by atoms with Crippen molar-refractivity contribution in [3.8, 4) is 0 Å². The van der Waals surface area contributed by atoms with Crippen LogP contribution >= 0.6 is 0 Å². The molecule has 4 rings (SSSR count). The van der Waals surface area contributed by atoms with Crippen LogP contribution in [0.4, 0.5) is 0 Å². The number of nitrogens with one attached hydrogen (secondary N) is 1. The summed E-state index contributed by atoms with van der Waals surface area (Å²) in [6.45, 7) is 3.43. The van der Waals surface area contributed by atoms with Gasteiger partial charge in [-0.25, -0.2) is 0 Å². The van der Waals surface area contributed by atoms with Gasteiger partial charge >= 0.3 is 0 Å². The van der Waals surface area contributed by atoms with Gasteiger partial charge in [-0.15, -0.1) is 0 Å². The lowest BCUT2D eigenvalue weighted by atomic mass is 9.84. The smallest absolute Gasteiger partial charge is 0.244 e. The number of piperidine rings is 3. The van der Waals surface area contributed by atoms with E-state index in [0.29, 0.717) is 12.0 Å². The molecular weight excluding hydrogens is 236 g/mol. The van der Waals surface area contributed by atoms with Crippen molar-refractivity contribution in [2.45, 2.75) is 18.9 Å². The first kappa shape index (κ1) is 12.4. The number of nitrogens with zero attached hydrogens (tertiary/aromatic N) is 1. The maximum absolute atomic E-state index is 11.9. The molecule has 0 aromatic heterocycles. The van der Waals surface area contributed by atoms with Gasteiger partial charge in [0.05, 0.1) is 0 Å². The minimum atomic E-state index is 0.0302. The molecule has 0 spiro atoms. The summed E-state index contributed by atoms with van der Waals surface area (Å²) in [6.07, 6.45) is 5.98. The Hall–Kier alpha value is -1.61. The molecule has 3 heteroatoms. The highest BCUT2D eigenvalue weighted by atomic mass is 16.1. The largest absolute Gasteiger partial charge is 0.348 e. The molecule has 3 fully saturated rings. The Kier molecular flexibility index (Phi) is 3.65. The third-order valence-corrected chi connectivity index (χ3v) is 4.21. The number of carbonyl (C=O) groups excluding carboxylic acids is 1. The lowest BCUT2D eigenvalue weighted by Crippen LogP contribution is -2.57. The van der Waals surface area contributed by atoms with Gasteiger partial charge in [-0.3, -0.25) is 4.79 Å². The van der Waals surface area contributed by atoms with Gasteiger partial charge in [0.2, 0.25) is 5.91 Å². The van der Waals surface area contributed by atoms with E-state index in [2.05, 4.69) is 10.2 Å². The average Bonchev–Trinajstić information content (AvgIpc) is 2.47. The second kappa shape index (κ2) is 5.57. The zero-order valence-corrected chi connectivity index (χ0v) is 11.1. The highest BCUT2D eigenvalue weighted by molar-refractivity contribution is 5.91. The van der Waals surface area contributed by atoms with E-state index in [9.17, 15) is 4.79 Å². The summed E-state index contributed by atoms with van der Waals surface area (Å²) in [6, 6.07) is 10.3. The SMILES string of the molecule is O=C(C=Cc1ccccc1)N[C@H]1CN2CCC1CC2. The van der Waals surface area contributed by atoms with Crippen LogP contribution in [0, 0.1) is 5.92 Å². The van der Waals surface area contributed by atoms with Crippen LogP contribution in [0.3, 0.4) is 0 Å². The quantitative estimate of drug-likeness (QED) is 0.838. The van der Waals surface area contributed by atoms with Crippen LogP contribution in [0.1, 0.15) is 18.4 Å². The number of fused-ring (bicyclic) bond motifs is 3. The van der Waals surface area contributed by atoms with Crippen molar-refractivity contribution in [3.63, 3.8) is 0 Å². The van der Waals surface area contributed by atoms with Crippen molar-refractivity contribution < 1.29 is 4.79 Å². The van der Waals surface area contributed by atoms with Gasteiger partial charge in [0, 0.05) is 18.7 Å². The van der Waals surface area contributed by atoms with Gasteiger partial charge in [0.15, 0.2) is 0 Å². The van der Waals surface area contributed by atoms with Crippen LogP contribution in [0.15, 0.2) is 36.4 Å². The Balaban J connectivity index is 1.55. The predicted octanol–water partition coefficient (Wildman–Crippen LogP) is 1.91. The molecule has 1 aromatic carbocycles. The van der Waals surface area contributed by atoms with Gasteiger partial charge in [0.1, 0.15) is 0 Å². The van der Waals surface area contributed by atoms with Crippen molar-refractivity contribution in [1.29, 1.82) is 0 Å².